The number of aryl methyl sites for hydroxylation is 2. The number of benzene rings is 1. The molecule has 0 aliphatic carbocycles. The van der Waals surface area contributed by atoms with E-state index in [4.69, 9.17) is 0 Å². The van der Waals surface area contributed by atoms with E-state index in [2.05, 4.69) is 16.4 Å². The molecule has 1 heterocycles. The Morgan fingerprint density at radius 2 is 2.24 bits per heavy atom. The van der Waals surface area contributed by atoms with Crippen molar-refractivity contribution in [3.8, 4) is 6.07 Å². The van der Waals surface area contributed by atoms with Crippen LogP contribution in [0.25, 0.3) is 0 Å². The Hall–Kier alpha value is -1.86. The molecular weight excluding hydrogens is 230 g/mol. The van der Waals surface area contributed by atoms with E-state index < -0.39 is 0 Å². The Kier molecular flexibility index (Phi) is 3.40. The molecule has 0 aliphatic heterocycles. The molecule has 17 heavy (non-hydrogen) atoms. The summed E-state index contributed by atoms with van der Waals surface area (Å²) < 4.78 is 0. The van der Waals surface area contributed by atoms with Crippen LogP contribution in [0.3, 0.4) is 0 Å². The van der Waals surface area contributed by atoms with Gasteiger partial charge in [0.05, 0.1) is 16.8 Å². The van der Waals surface area contributed by atoms with Crippen LogP contribution in [-0.4, -0.2) is 4.98 Å². The summed E-state index contributed by atoms with van der Waals surface area (Å²) in [6.07, 6.45) is 0. The van der Waals surface area contributed by atoms with Gasteiger partial charge in [0.1, 0.15) is 0 Å². The molecule has 3 nitrogen and oxygen atoms in total. The third-order valence-corrected chi connectivity index (χ3v) is 3.18. The van der Waals surface area contributed by atoms with E-state index in [-0.39, 0.29) is 6.04 Å². The first-order valence-electron chi connectivity index (χ1n) is 5.34. The van der Waals surface area contributed by atoms with Crippen LogP contribution in [0.2, 0.25) is 0 Å². The third-order valence-electron chi connectivity index (χ3n) is 2.39. The van der Waals surface area contributed by atoms with E-state index >= 15 is 0 Å². The fourth-order valence-electron chi connectivity index (χ4n) is 1.59. The van der Waals surface area contributed by atoms with Crippen molar-refractivity contribution in [2.75, 3.05) is 5.32 Å². The van der Waals surface area contributed by atoms with Crippen LogP contribution >= 0.6 is 11.3 Å². The summed E-state index contributed by atoms with van der Waals surface area (Å²) in [5, 5.41) is 15.3. The summed E-state index contributed by atoms with van der Waals surface area (Å²) in [5.74, 6) is 0. The molecule has 1 N–H and O–H groups in total. The van der Waals surface area contributed by atoms with Crippen molar-refractivity contribution >= 4 is 17.0 Å². The van der Waals surface area contributed by atoms with Crippen LogP contribution in [0, 0.1) is 25.2 Å². The van der Waals surface area contributed by atoms with Crippen LogP contribution in [0.15, 0.2) is 29.6 Å². The molecule has 0 bridgehead atoms. The van der Waals surface area contributed by atoms with Gasteiger partial charge in [0.2, 0.25) is 0 Å². The van der Waals surface area contributed by atoms with Crippen molar-refractivity contribution in [1.29, 1.82) is 5.26 Å². The minimum atomic E-state index is -0.387. The number of hydrogen-bond donors (Lipinski definition) is 1. The average Bonchev–Trinajstić information content (AvgIpc) is 2.73. The van der Waals surface area contributed by atoms with Crippen LogP contribution in [-0.2, 0) is 0 Å². The van der Waals surface area contributed by atoms with Gasteiger partial charge in [-0.3, -0.25) is 0 Å². The standard InChI is InChI=1S/C13H13N3S/c1-9-4-3-5-11(6-9)16-12(7-14)13-8-17-10(2)15-13/h3-6,8,12,16H,1-2H3. The molecule has 1 aromatic carbocycles. The number of nitrogens with zero attached hydrogens (tertiary/aromatic N) is 2. The highest BCUT2D eigenvalue weighted by Crippen LogP contribution is 2.21. The third kappa shape index (κ3) is 2.83. The number of rotatable bonds is 3. The van der Waals surface area contributed by atoms with Gasteiger partial charge >= 0.3 is 0 Å². The van der Waals surface area contributed by atoms with Crippen LogP contribution in [0.1, 0.15) is 22.3 Å². The van der Waals surface area contributed by atoms with Gasteiger partial charge in [-0.2, -0.15) is 5.26 Å². The van der Waals surface area contributed by atoms with Gasteiger partial charge in [0.15, 0.2) is 6.04 Å². The number of aromatic nitrogens is 1. The maximum Gasteiger partial charge on any atom is 0.158 e. The lowest BCUT2D eigenvalue weighted by Crippen LogP contribution is -2.08. The molecule has 1 aromatic heterocycles. The SMILES string of the molecule is Cc1cccc(NC(C#N)c2csc(C)n2)c1. The molecule has 0 saturated heterocycles. The summed E-state index contributed by atoms with van der Waals surface area (Å²) in [5.41, 5.74) is 2.90. The Bertz CT molecular complexity index is 554. The summed E-state index contributed by atoms with van der Waals surface area (Å²) in [6, 6.07) is 9.82. The predicted molar refractivity (Wildman–Crippen MR) is 70.0 cm³/mol. The molecule has 2 aromatic rings. The van der Waals surface area contributed by atoms with Crippen molar-refractivity contribution in [1.82, 2.24) is 4.98 Å². The minimum absolute atomic E-state index is 0.387. The molecule has 2 rings (SSSR count). The lowest BCUT2D eigenvalue weighted by molar-refractivity contribution is 0.941. The molecule has 0 aliphatic rings. The normalized spacial score (nSPS) is 11.8. The van der Waals surface area contributed by atoms with Crippen molar-refractivity contribution in [2.45, 2.75) is 19.9 Å². The highest BCUT2D eigenvalue weighted by molar-refractivity contribution is 7.09. The average molecular weight is 243 g/mol. The summed E-state index contributed by atoms with van der Waals surface area (Å²) in [6.45, 7) is 3.97. The van der Waals surface area contributed by atoms with Crippen molar-refractivity contribution in [2.24, 2.45) is 0 Å². The fraction of sp³-hybridized carbons (Fsp3) is 0.231. The van der Waals surface area contributed by atoms with E-state index in [0.29, 0.717) is 0 Å². The smallest absolute Gasteiger partial charge is 0.158 e. The molecular formula is C13H13N3S. The van der Waals surface area contributed by atoms with Gasteiger partial charge in [-0.05, 0) is 31.5 Å². The largest absolute Gasteiger partial charge is 0.365 e. The molecule has 1 unspecified atom stereocenters. The lowest BCUT2D eigenvalue weighted by atomic mass is 10.2. The zero-order valence-electron chi connectivity index (χ0n) is 9.77. The quantitative estimate of drug-likeness (QED) is 0.898. The lowest BCUT2D eigenvalue weighted by Gasteiger charge is -2.11. The predicted octanol–water partition coefficient (Wildman–Crippen LogP) is 3.44. The number of anilines is 1. The van der Waals surface area contributed by atoms with Gasteiger partial charge in [-0.25, -0.2) is 4.98 Å². The molecule has 86 valence electrons. The number of nitriles is 1. The molecule has 0 amide bonds. The molecule has 4 heteroatoms. The van der Waals surface area contributed by atoms with Gasteiger partial charge in [-0.15, -0.1) is 11.3 Å². The number of hydrogen-bond acceptors (Lipinski definition) is 4. The first-order valence-corrected chi connectivity index (χ1v) is 6.22. The van der Waals surface area contributed by atoms with Crippen molar-refractivity contribution < 1.29 is 0 Å². The van der Waals surface area contributed by atoms with E-state index in [0.717, 1.165) is 16.4 Å². The zero-order chi connectivity index (χ0) is 12.3. The molecule has 1 atom stereocenters. The van der Waals surface area contributed by atoms with Crippen molar-refractivity contribution in [3.05, 3.63) is 45.9 Å². The monoisotopic (exact) mass is 243 g/mol. The van der Waals surface area contributed by atoms with Gasteiger partial charge in [0, 0.05) is 11.1 Å². The molecule has 0 radical (unpaired) electrons. The topological polar surface area (TPSA) is 48.7 Å². The molecule has 0 fully saturated rings. The first kappa shape index (κ1) is 11.6. The Balaban J connectivity index is 2.19. The van der Waals surface area contributed by atoms with Gasteiger partial charge < -0.3 is 5.32 Å². The second-order valence-corrected chi connectivity index (χ2v) is 4.93. The zero-order valence-corrected chi connectivity index (χ0v) is 10.6. The highest BCUT2D eigenvalue weighted by atomic mass is 32.1. The molecule has 0 saturated carbocycles. The minimum Gasteiger partial charge on any atom is -0.365 e. The van der Waals surface area contributed by atoms with E-state index in [1.54, 1.807) is 11.3 Å². The van der Waals surface area contributed by atoms with Crippen LogP contribution in [0.4, 0.5) is 5.69 Å². The Morgan fingerprint density at radius 1 is 1.41 bits per heavy atom. The first-order chi connectivity index (χ1) is 8.19. The second kappa shape index (κ2) is 4.98. The van der Waals surface area contributed by atoms with Crippen LogP contribution in [0.5, 0.6) is 0 Å². The van der Waals surface area contributed by atoms with Gasteiger partial charge in [-0.1, -0.05) is 12.1 Å². The summed E-state index contributed by atoms with van der Waals surface area (Å²) in [7, 11) is 0. The van der Waals surface area contributed by atoms with Crippen molar-refractivity contribution in [3.63, 3.8) is 0 Å². The maximum absolute atomic E-state index is 9.17. The Labute approximate surface area is 105 Å². The van der Waals surface area contributed by atoms with Crippen LogP contribution < -0.4 is 5.32 Å². The second-order valence-electron chi connectivity index (χ2n) is 3.87. The maximum atomic E-state index is 9.17. The summed E-state index contributed by atoms with van der Waals surface area (Å²) in [4.78, 5) is 4.33. The van der Waals surface area contributed by atoms with E-state index in [1.165, 1.54) is 5.56 Å². The highest BCUT2D eigenvalue weighted by Gasteiger charge is 2.13. The summed E-state index contributed by atoms with van der Waals surface area (Å²) >= 11 is 1.56. The Morgan fingerprint density at radius 3 is 2.82 bits per heavy atom. The van der Waals surface area contributed by atoms with E-state index in [9.17, 15) is 5.26 Å². The van der Waals surface area contributed by atoms with E-state index in [1.807, 2.05) is 43.5 Å². The van der Waals surface area contributed by atoms with Gasteiger partial charge in [0.25, 0.3) is 0 Å². The molecule has 0 spiro atoms. The number of thiazole rings is 1. The number of nitrogens with one attached hydrogen (secondary N) is 1. The fourth-order valence-corrected chi connectivity index (χ4v) is 2.22.